The van der Waals surface area contributed by atoms with Crippen LogP contribution >= 0.6 is 0 Å². The molecule has 2 rings (SSSR count). The fourth-order valence-corrected chi connectivity index (χ4v) is 1.69. The molecule has 0 spiro atoms. The maximum atomic E-state index is 13.5. The molecule has 0 bridgehead atoms. The van der Waals surface area contributed by atoms with Crippen LogP contribution in [0.5, 0.6) is 0 Å². The Morgan fingerprint density at radius 3 is 2.47 bits per heavy atom. The van der Waals surface area contributed by atoms with Crippen LogP contribution in [-0.4, -0.2) is 6.03 Å². The van der Waals surface area contributed by atoms with Gasteiger partial charge in [0.2, 0.25) is 0 Å². The molecule has 2 aromatic rings. The number of hydrogen-bond donors (Lipinski definition) is 3. The van der Waals surface area contributed by atoms with Gasteiger partial charge in [0.25, 0.3) is 0 Å². The molecule has 0 aromatic heterocycles. The van der Waals surface area contributed by atoms with E-state index in [1.807, 2.05) is 18.2 Å². The van der Waals surface area contributed by atoms with Crippen LogP contribution in [0.25, 0.3) is 0 Å². The maximum absolute atomic E-state index is 13.5. The standard InChI is InChI=1S/C14H14FN3O/c15-12-7-4-8-13(11(12)9-16)18-14(19)17-10-5-2-1-3-6-10/h1-8H,9,16H2,(H2,17,18,19). The van der Waals surface area contributed by atoms with Crippen LogP contribution in [0, 0.1) is 5.82 Å². The van der Waals surface area contributed by atoms with E-state index in [2.05, 4.69) is 10.6 Å². The van der Waals surface area contributed by atoms with Gasteiger partial charge in [-0.1, -0.05) is 24.3 Å². The second-order valence-electron chi connectivity index (χ2n) is 3.92. The molecular weight excluding hydrogens is 245 g/mol. The molecule has 2 aromatic carbocycles. The maximum Gasteiger partial charge on any atom is 0.323 e. The van der Waals surface area contributed by atoms with Gasteiger partial charge in [-0.3, -0.25) is 0 Å². The van der Waals surface area contributed by atoms with Crippen molar-refractivity contribution in [1.82, 2.24) is 0 Å². The fraction of sp³-hybridized carbons (Fsp3) is 0.0714. The van der Waals surface area contributed by atoms with E-state index in [0.717, 1.165) is 0 Å². The quantitative estimate of drug-likeness (QED) is 0.793. The first-order chi connectivity index (χ1) is 9.20. The van der Waals surface area contributed by atoms with E-state index in [0.29, 0.717) is 11.4 Å². The zero-order valence-corrected chi connectivity index (χ0v) is 10.2. The van der Waals surface area contributed by atoms with E-state index in [-0.39, 0.29) is 12.1 Å². The predicted octanol–water partition coefficient (Wildman–Crippen LogP) is 2.93. The minimum atomic E-state index is -0.438. The van der Waals surface area contributed by atoms with Crippen molar-refractivity contribution in [2.75, 3.05) is 10.6 Å². The van der Waals surface area contributed by atoms with E-state index in [1.165, 1.54) is 12.1 Å². The molecule has 2 amide bonds. The topological polar surface area (TPSA) is 67.1 Å². The summed E-state index contributed by atoms with van der Waals surface area (Å²) in [5.41, 5.74) is 6.78. The summed E-state index contributed by atoms with van der Waals surface area (Å²) in [7, 11) is 0. The van der Waals surface area contributed by atoms with Crippen LogP contribution in [-0.2, 0) is 6.54 Å². The van der Waals surface area contributed by atoms with E-state index < -0.39 is 11.8 Å². The molecule has 0 atom stereocenters. The molecule has 4 nitrogen and oxygen atoms in total. The molecule has 0 aliphatic heterocycles. The first-order valence-electron chi connectivity index (χ1n) is 5.81. The van der Waals surface area contributed by atoms with E-state index in [1.54, 1.807) is 18.2 Å². The first kappa shape index (κ1) is 13.0. The van der Waals surface area contributed by atoms with Crippen molar-refractivity contribution in [3.05, 3.63) is 59.9 Å². The number of anilines is 2. The van der Waals surface area contributed by atoms with Crippen molar-refractivity contribution < 1.29 is 9.18 Å². The minimum absolute atomic E-state index is 0.0215. The number of carbonyl (C=O) groups is 1. The summed E-state index contributed by atoms with van der Waals surface area (Å²) < 4.78 is 13.5. The predicted molar refractivity (Wildman–Crippen MR) is 73.4 cm³/mol. The smallest absolute Gasteiger partial charge is 0.323 e. The lowest BCUT2D eigenvalue weighted by molar-refractivity contribution is 0.262. The van der Waals surface area contributed by atoms with Gasteiger partial charge in [-0.05, 0) is 24.3 Å². The summed E-state index contributed by atoms with van der Waals surface area (Å²) in [5, 5.41) is 5.23. The van der Waals surface area contributed by atoms with Crippen LogP contribution in [0.1, 0.15) is 5.56 Å². The molecule has 0 saturated heterocycles. The van der Waals surface area contributed by atoms with Gasteiger partial charge in [0.05, 0.1) is 0 Å². The van der Waals surface area contributed by atoms with Gasteiger partial charge in [0.1, 0.15) is 5.82 Å². The number of halogens is 1. The average Bonchev–Trinajstić information content (AvgIpc) is 2.40. The van der Waals surface area contributed by atoms with E-state index in [9.17, 15) is 9.18 Å². The highest BCUT2D eigenvalue weighted by atomic mass is 19.1. The number of urea groups is 1. The van der Waals surface area contributed by atoms with Crippen LogP contribution in [0.15, 0.2) is 48.5 Å². The van der Waals surface area contributed by atoms with Crippen molar-refractivity contribution in [2.45, 2.75) is 6.54 Å². The molecule has 0 aliphatic rings. The highest BCUT2D eigenvalue weighted by Gasteiger charge is 2.09. The zero-order chi connectivity index (χ0) is 13.7. The third-order valence-corrected chi connectivity index (χ3v) is 2.60. The Hall–Kier alpha value is -2.40. The van der Waals surface area contributed by atoms with Crippen molar-refractivity contribution in [2.24, 2.45) is 5.73 Å². The molecule has 5 heteroatoms. The van der Waals surface area contributed by atoms with Gasteiger partial charge in [0, 0.05) is 23.5 Å². The van der Waals surface area contributed by atoms with E-state index in [4.69, 9.17) is 5.73 Å². The summed E-state index contributed by atoms with van der Waals surface area (Å²) in [4.78, 5) is 11.8. The fourth-order valence-electron chi connectivity index (χ4n) is 1.69. The number of nitrogens with one attached hydrogen (secondary N) is 2. The molecule has 0 fully saturated rings. The number of rotatable bonds is 3. The summed E-state index contributed by atoms with van der Waals surface area (Å²) in [5.74, 6) is -0.431. The Labute approximate surface area is 110 Å². The molecule has 0 aliphatic carbocycles. The Balaban J connectivity index is 2.09. The second kappa shape index (κ2) is 5.97. The summed E-state index contributed by atoms with van der Waals surface area (Å²) in [6.45, 7) is 0.0215. The number of para-hydroxylation sites is 1. The third-order valence-electron chi connectivity index (χ3n) is 2.60. The second-order valence-corrected chi connectivity index (χ2v) is 3.92. The highest BCUT2D eigenvalue weighted by Crippen LogP contribution is 2.18. The lowest BCUT2D eigenvalue weighted by Gasteiger charge is -2.11. The van der Waals surface area contributed by atoms with E-state index >= 15 is 0 Å². The van der Waals surface area contributed by atoms with Crippen molar-refractivity contribution in [1.29, 1.82) is 0 Å². The average molecular weight is 259 g/mol. The molecule has 0 unspecified atom stereocenters. The number of hydrogen-bond acceptors (Lipinski definition) is 2. The molecular formula is C14H14FN3O. The Kier molecular flexibility index (Phi) is 4.10. The van der Waals surface area contributed by atoms with Gasteiger partial charge >= 0.3 is 6.03 Å². The normalized spacial score (nSPS) is 10.0. The number of nitrogens with two attached hydrogens (primary N) is 1. The minimum Gasteiger partial charge on any atom is -0.326 e. The van der Waals surface area contributed by atoms with Crippen LogP contribution < -0.4 is 16.4 Å². The van der Waals surface area contributed by atoms with Crippen molar-refractivity contribution in [3.8, 4) is 0 Å². The molecule has 0 saturated carbocycles. The third kappa shape index (κ3) is 3.29. The van der Waals surface area contributed by atoms with Crippen molar-refractivity contribution in [3.63, 3.8) is 0 Å². The number of benzene rings is 2. The first-order valence-corrected chi connectivity index (χ1v) is 5.81. The molecule has 19 heavy (non-hydrogen) atoms. The summed E-state index contributed by atoms with van der Waals surface area (Å²) in [6, 6.07) is 13.0. The Morgan fingerprint density at radius 2 is 1.79 bits per heavy atom. The SMILES string of the molecule is NCc1c(F)cccc1NC(=O)Nc1ccccc1. The molecule has 98 valence electrons. The lowest BCUT2D eigenvalue weighted by Crippen LogP contribution is -2.21. The van der Waals surface area contributed by atoms with Gasteiger partial charge < -0.3 is 16.4 Å². The summed E-state index contributed by atoms with van der Waals surface area (Å²) in [6.07, 6.45) is 0. The van der Waals surface area contributed by atoms with Gasteiger partial charge in [0.15, 0.2) is 0 Å². The Morgan fingerprint density at radius 1 is 1.05 bits per heavy atom. The largest absolute Gasteiger partial charge is 0.326 e. The number of amides is 2. The van der Waals surface area contributed by atoms with Crippen molar-refractivity contribution >= 4 is 17.4 Å². The van der Waals surface area contributed by atoms with Gasteiger partial charge in [-0.15, -0.1) is 0 Å². The van der Waals surface area contributed by atoms with Crippen LogP contribution in [0.2, 0.25) is 0 Å². The zero-order valence-electron chi connectivity index (χ0n) is 10.2. The monoisotopic (exact) mass is 259 g/mol. The van der Waals surface area contributed by atoms with Gasteiger partial charge in [-0.25, -0.2) is 9.18 Å². The number of carbonyl (C=O) groups excluding carboxylic acids is 1. The highest BCUT2D eigenvalue weighted by molar-refractivity contribution is 6.00. The molecule has 4 N–H and O–H groups in total. The lowest BCUT2D eigenvalue weighted by atomic mass is 10.1. The van der Waals surface area contributed by atoms with Crippen LogP contribution in [0.4, 0.5) is 20.6 Å². The molecule has 0 radical (unpaired) electrons. The van der Waals surface area contributed by atoms with Crippen LogP contribution in [0.3, 0.4) is 0 Å². The summed E-state index contributed by atoms with van der Waals surface area (Å²) >= 11 is 0. The van der Waals surface area contributed by atoms with Gasteiger partial charge in [-0.2, -0.15) is 0 Å². The Bertz CT molecular complexity index is 572. The molecule has 0 heterocycles.